The lowest BCUT2D eigenvalue weighted by atomic mass is 10.1. The minimum atomic E-state index is -1.02. The molecule has 2 rings (SSSR count). The van der Waals surface area contributed by atoms with E-state index in [1.54, 1.807) is 0 Å². The van der Waals surface area contributed by atoms with Crippen LogP contribution in [0.25, 0.3) is 5.70 Å². The largest absolute Gasteiger partial charge is 0.494 e. The number of carbonyl (C=O) groups excluding carboxylic acids is 1. The van der Waals surface area contributed by atoms with Crippen LogP contribution in [0, 0.1) is 0 Å². The van der Waals surface area contributed by atoms with Crippen molar-refractivity contribution in [3.8, 4) is 5.75 Å². The molecule has 1 aliphatic rings. The van der Waals surface area contributed by atoms with Crippen molar-refractivity contribution in [2.75, 3.05) is 12.4 Å². The topological polar surface area (TPSA) is 66.8 Å². The number of amides is 1. The molecule has 1 heterocycles. The minimum absolute atomic E-state index is 0.193. The zero-order valence-electron chi connectivity index (χ0n) is 11.9. The zero-order chi connectivity index (χ0) is 15.4. The maximum Gasteiger partial charge on any atom is 0.326 e. The van der Waals surface area contributed by atoms with E-state index in [-0.39, 0.29) is 11.7 Å². The second-order valence-corrected chi connectivity index (χ2v) is 5.41. The Balaban J connectivity index is 2.32. The van der Waals surface area contributed by atoms with Gasteiger partial charge in [-0.1, -0.05) is 0 Å². The van der Waals surface area contributed by atoms with E-state index in [0.29, 0.717) is 12.3 Å². The average molecular weight is 307 g/mol. The van der Waals surface area contributed by atoms with Crippen molar-refractivity contribution in [2.24, 2.45) is 0 Å². The minimum Gasteiger partial charge on any atom is -0.494 e. The molecule has 0 aromatic heterocycles. The number of nitrogens with zero attached hydrogens (tertiary/aromatic N) is 1. The third-order valence-corrected chi connectivity index (χ3v) is 3.94. The molecule has 0 bridgehead atoms. The van der Waals surface area contributed by atoms with Gasteiger partial charge in [0, 0.05) is 0 Å². The van der Waals surface area contributed by atoms with Crippen molar-refractivity contribution in [3.05, 3.63) is 35.2 Å². The molecule has 1 amide bonds. The van der Waals surface area contributed by atoms with E-state index < -0.39 is 12.0 Å². The Kier molecular flexibility index (Phi) is 4.90. The smallest absolute Gasteiger partial charge is 0.326 e. The van der Waals surface area contributed by atoms with Gasteiger partial charge >= 0.3 is 5.97 Å². The number of ether oxygens (including phenoxy) is 1. The van der Waals surface area contributed by atoms with Gasteiger partial charge in [-0.15, -0.1) is 11.8 Å². The molecule has 1 aromatic carbocycles. The third-order valence-electron chi connectivity index (χ3n) is 3.14. The van der Waals surface area contributed by atoms with Gasteiger partial charge < -0.3 is 9.84 Å². The summed E-state index contributed by atoms with van der Waals surface area (Å²) in [7, 11) is 0. The molecule has 0 saturated heterocycles. The van der Waals surface area contributed by atoms with E-state index in [1.807, 2.05) is 36.6 Å². The van der Waals surface area contributed by atoms with Crippen LogP contribution in [0.1, 0.15) is 19.4 Å². The molecule has 1 aliphatic heterocycles. The highest BCUT2D eigenvalue weighted by Crippen LogP contribution is 2.31. The molecule has 1 N–H and O–H groups in total. The highest BCUT2D eigenvalue weighted by Gasteiger charge is 2.31. The molecule has 21 heavy (non-hydrogen) atoms. The lowest BCUT2D eigenvalue weighted by Crippen LogP contribution is -2.44. The van der Waals surface area contributed by atoms with E-state index >= 15 is 0 Å². The van der Waals surface area contributed by atoms with E-state index in [0.717, 1.165) is 11.3 Å². The number of rotatable bonds is 5. The summed E-state index contributed by atoms with van der Waals surface area (Å²) in [5.41, 5.74) is 1.42. The van der Waals surface area contributed by atoms with E-state index in [9.17, 15) is 14.7 Å². The molecule has 0 aliphatic carbocycles. The van der Waals surface area contributed by atoms with Gasteiger partial charge in [0.15, 0.2) is 0 Å². The van der Waals surface area contributed by atoms with Gasteiger partial charge in [-0.05, 0) is 49.1 Å². The summed E-state index contributed by atoms with van der Waals surface area (Å²) in [4.78, 5) is 24.6. The first-order valence-corrected chi connectivity index (χ1v) is 7.69. The first-order chi connectivity index (χ1) is 10.0. The van der Waals surface area contributed by atoms with Gasteiger partial charge in [-0.25, -0.2) is 4.79 Å². The highest BCUT2D eigenvalue weighted by molar-refractivity contribution is 8.03. The van der Waals surface area contributed by atoms with Crippen molar-refractivity contribution >= 4 is 29.3 Å². The molecule has 0 fully saturated rings. The molecular formula is C15H17NO4S. The van der Waals surface area contributed by atoms with Crippen LogP contribution in [0.15, 0.2) is 29.7 Å². The van der Waals surface area contributed by atoms with Crippen molar-refractivity contribution in [2.45, 2.75) is 19.9 Å². The summed E-state index contributed by atoms with van der Waals surface area (Å²) < 4.78 is 5.38. The molecule has 112 valence electrons. The zero-order valence-corrected chi connectivity index (χ0v) is 12.7. The first kappa shape index (κ1) is 15.4. The highest BCUT2D eigenvalue weighted by atomic mass is 32.2. The number of thioether (sulfide) groups is 1. The SMILES string of the molecule is CCOc1ccc(C2=CSCC(=O)N2C(C)C(=O)O)cc1. The maximum atomic E-state index is 12.1. The third kappa shape index (κ3) is 3.39. The Bertz CT molecular complexity index is 568. The van der Waals surface area contributed by atoms with Crippen LogP contribution in [0.4, 0.5) is 0 Å². The summed E-state index contributed by atoms with van der Waals surface area (Å²) in [6.07, 6.45) is 0. The summed E-state index contributed by atoms with van der Waals surface area (Å²) in [6, 6.07) is 6.39. The molecule has 0 radical (unpaired) electrons. The Hall–Kier alpha value is -1.95. The normalized spacial score (nSPS) is 16.4. The van der Waals surface area contributed by atoms with Crippen molar-refractivity contribution in [3.63, 3.8) is 0 Å². The average Bonchev–Trinajstić information content (AvgIpc) is 2.47. The number of carboxylic acid groups (broad SMARTS) is 1. The van der Waals surface area contributed by atoms with E-state index in [4.69, 9.17) is 4.74 Å². The van der Waals surface area contributed by atoms with E-state index in [1.165, 1.54) is 23.6 Å². The fourth-order valence-electron chi connectivity index (χ4n) is 2.08. The van der Waals surface area contributed by atoms with Crippen LogP contribution in [0.5, 0.6) is 5.75 Å². The standard InChI is InChI=1S/C15H17NO4S/c1-3-20-12-6-4-11(5-7-12)13-8-21-9-14(17)16(13)10(2)15(18)19/h4-8,10H,3,9H2,1-2H3,(H,18,19). The lowest BCUT2D eigenvalue weighted by molar-refractivity contribution is -0.145. The van der Waals surface area contributed by atoms with E-state index in [2.05, 4.69) is 0 Å². The fourth-order valence-corrected chi connectivity index (χ4v) is 2.86. The molecule has 1 unspecified atom stereocenters. The van der Waals surface area contributed by atoms with Crippen LogP contribution in [-0.4, -0.2) is 40.3 Å². The van der Waals surface area contributed by atoms with Crippen LogP contribution in [0.2, 0.25) is 0 Å². The van der Waals surface area contributed by atoms with Gasteiger partial charge in [0.1, 0.15) is 11.8 Å². The number of hydrogen-bond donors (Lipinski definition) is 1. The van der Waals surface area contributed by atoms with Crippen molar-refractivity contribution in [1.82, 2.24) is 4.90 Å². The van der Waals surface area contributed by atoms with Crippen LogP contribution in [0.3, 0.4) is 0 Å². The molecule has 1 aromatic rings. The van der Waals surface area contributed by atoms with Gasteiger partial charge in [-0.3, -0.25) is 9.69 Å². The van der Waals surface area contributed by atoms with Crippen molar-refractivity contribution < 1.29 is 19.4 Å². The van der Waals surface area contributed by atoms with Crippen LogP contribution in [-0.2, 0) is 9.59 Å². The maximum absolute atomic E-state index is 12.1. The Morgan fingerprint density at radius 1 is 1.43 bits per heavy atom. The monoisotopic (exact) mass is 307 g/mol. The molecule has 6 heteroatoms. The van der Waals surface area contributed by atoms with Gasteiger partial charge in [0.05, 0.1) is 18.1 Å². The van der Waals surface area contributed by atoms with Gasteiger partial charge in [0.25, 0.3) is 0 Å². The number of aliphatic carboxylic acids is 1. The molecule has 5 nitrogen and oxygen atoms in total. The van der Waals surface area contributed by atoms with Crippen molar-refractivity contribution in [1.29, 1.82) is 0 Å². The van der Waals surface area contributed by atoms with Gasteiger partial charge in [-0.2, -0.15) is 0 Å². The summed E-state index contributed by atoms with van der Waals surface area (Å²) in [5.74, 6) is -0.208. The molecular weight excluding hydrogens is 290 g/mol. The van der Waals surface area contributed by atoms with Crippen LogP contribution < -0.4 is 4.74 Å². The summed E-state index contributed by atoms with van der Waals surface area (Å²) >= 11 is 1.38. The molecule has 1 atom stereocenters. The second-order valence-electron chi connectivity index (χ2n) is 4.55. The molecule has 0 saturated carbocycles. The predicted octanol–water partition coefficient (Wildman–Crippen LogP) is 2.43. The number of carboxylic acids is 1. The quantitative estimate of drug-likeness (QED) is 0.905. The Labute approximate surface area is 127 Å². The first-order valence-electron chi connectivity index (χ1n) is 6.64. The van der Waals surface area contributed by atoms with Crippen LogP contribution >= 0.6 is 11.8 Å². The number of hydrogen-bond acceptors (Lipinski definition) is 4. The summed E-state index contributed by atoms with van der Waals surface area (Å²) in [5, 5.41) is 11.0. The molecule has 0 spiro atoms. The Morgan fingerprint density at radius 2 is 2.10 bits per heavy atom. The number of benzene rings is 1. The fraction of sp³-hybridized carbons (Fsp3) is 0.333. The predicted molar refractivity (Wildman–Crippen MR) is 82.0 cm³/mol. The lowest BCUT2D eigenvalue weighted by Gasteiger charge is -2.31. The number of carbonyl (C=O) groups is 2. The summed E-state index contributed by atoms with van der Waals surface area (Å²) in [6.45, 7) is 4.00. The Morgan fingerprint density at radius 3 is 2.67 bits per heavy atom. The second kappa shape index (κ2) is 6.67. The van der Waals surface area contributed by atoms with Gasteiger partial charge in [0.2, 0.25) is 5.91 Å².